The van der Waals surface area contributed by atoms with E-state index in [2.05, 4.69) is 11.1 Å². The largest absolute Gasteiger partial charge is 0.497 e. The van der Waals surface area contributed by atoms with E-state index in [1.54, 1.807) is 19.5 Å². The van der Waals surface area contributed by atoms with E-state index < -0.39 is 0 Å². The minimum Gasteiger partial charge on any atom is -0.497 e. The van der Waals surface area contributed by atoms with Gasteiger partial charge in [-0.15, -0.1) is 0 Å². The molecule has 0 saturated carbocycles. The highest BCUT2D eigenvalue weighted by atomic mass is 16.5. The molecular weight excluding hydrogens is 324 g/mol. The van der Waals surface area contributed by atoms with Crippen molar-refractivity contribution >= 4 is 11.6 Å². The highest BCUT2D eigenvalue weighted by Gasteiger charge is 2.23. The first-order chi connectivity index (χ1) is 12.8. The number of carbonyl (C=O) groups excluding carboxylic acids is 1. The monoisotopic (exact) mass is 344 g/mol. The van der Waals surface area contributed by atoms with Crippen molar-refractivity contribution in [2.75, 3.05) is 18.6 Å². The van der Waals surface area contributed by atoms with E-state index in [1.165, 1.54) is 5.56 Å². The number of pyridine rings is 1. The van der Waals surface area contributed by atoms with Gasteiger partial charge in [0.05, 0.1) is 12.7 Å². The maximum absolute atomic E-state index is 13.1. The van der Waals surface area contributed by atoms with Gasteiger partial charge in [-0.2, -0.15) is 0 Å². The Kier molecular flexibility index (Phi) is 4.40. The van der Waals surface area contributed by atoms with E-state index in [-0.39, 0.29) is 5.91 Å². The molecule has 1 aliphatic heterocycles. The van der Waals surface area contributed by atoms with Crippen molar-refractivity contribution in [3.8, 4) is 16.9 Å². The molecule has 0 aliphatic carbocycles. The lowest BCUT2D eigenvalue weighted by molar-refractivity contribution is 0.0985. The second-order valence-corrected chi connectivity index (χ2v) is 6.38. The lowest BCUT2D eigenvalue weighted by Gasteiger charge is -2.29. The van der Waals surface area contributed by atoms with Crippen molar-refractivity contribution in [2.24, 2.45) is 0 Å². The Balaban J connectivity index is 1.65. The molecule has 26 heavy (non-hydrogen) atoms. The molecule has 2 aromatic carbocycles. The van der Waals surface area contributed by atoms with E-state index in [0.717, 1.165) is 42.0 Å². The number of carbonyl (C=O) groups is 1. The van der Waals surface area contributed by atoms with Gasteiger partial charge in [0, 0.05) is 30.2 Å². The van der Waals surface area contributed by atoms with Gasteiger partial charge in [0.15, 0.2) is 0 Å². The molecule has 2 heterocycles. The number of anilines is 1. The fourth-order valence-corrected chi connectivity index (χ4v) is 3.40. The van der Waals surface area contributed by atoms with Crippen LogP contribution in [-0.2, 0) is 6.42 Å². The van der Waals surface area contributed by atoms with Crippen LogP contribution in [0.3, 0.4) is 0 Å². The average molecular weight is 344 g/mol. The number of aromatic nitrogens is 1. The third-order valence-electron chi connectivity index (χ3n) is 4.76. The summed E-state index contributed by atoms with van der Waals surface area (Å²) in [5.41, 5.74) is 4.77. The van der Waals surface area contributed by atoms with Crippen LogP contribution < -0.4 is 9.64 Å². The van der Waals surface area contributed by atoms with Gasteiger partial charge in [0.25, 0.3) is 5.91 Å². The Morgan fingerprint density at radius 1 is 1.04 bits per heavy atom. The normalized spacial score (nSPS) is 13.2. The zero-order chi connectivity index (χ0) is 17.9. The molecular formula is C22H20N2O2. The Hall–Kier alpha value is -3.14. The summed E-state index contributed by atoms with van der Waals surface area (Å²) in [6.07, 6.45) is 5.42. The van der Waals surface area contributed by atoms with Crippen molar-refractivity contribution in [3.05, 3.63) is 78.1 Å². The maximum Gasteiger partial charge on any atom is 0.259 e. The van der Waals surface area contributed by atoms with Crippen LogP contribution in [0.25, 0.3) is 11.1 Å². The summed E-state index contributed by atoms with van der Waals surface area (Å²) >= 11 is 0. The Morgan fingerprint density at radius 2 is 1.85 bits per heavy atom. The first-order valence-electron chi connectivity index (χ1n) is 8.75. The van der Waals surface area contributed by atoms with Crippen molar-refractivity contribution in [1.82, 2.24) is 4.98 Å². The maximum atomic E-state index is 13.1. The molecule has 4 heteroatoms. The number of methoxy groups -OCH3 is 1. The molecule has 3 aromatic rings. The molecule has 0 bridgehead atoms. The van der Waals surface area contributed by atoms with Crippen LogP contribution in [-0.4, -0.2) is 24.5 Å². The summed E-state index contributed by atoms with van der Waals surface area (Å²) in [5.74, 6) is 0.805. The van der Waals surface area contributed by atoms with E-state index >= 15 is 0 Å². The summed E-state index contributed by atoms with van der Waals surface area (Å²) in [6, 6.07) is 17.8. The number of hydrogen-bond donors (Lipinski definition) is 0. The zero-order valence-corrected chi connectivity index (χ0v) is 14.7. The van der Waals surface area contributed by atoms with E-state index in [0.29, 0.717) is 5.56 Å². The smallest absolute Gasteiger partial charge is 0.259 e. The number of rotatable bonds is 3. The molecule has 0 radical (unpaired) electrons. The molecule has 0 spiro atoms. The fourth-order valence-electron chi connectivity index (χ4n) is 3.40. The summed E-state index contributed by atoms with van der Waals surface area (Å²) < 4.78 is 5.20. The number of benzene rings is 2. The summed E-state index contributed by atoms with van der Waals surface area (Å²) in [7, 11) is 1.65. The van der Waals surface area contributed by atoms with E-state index in [4.69, 9.17) is 4.74 Å². The van der Waals surface area contributed by atoms with Crippen LogP contribution in [0, 0.1) is 0 Å². The van der Waals surface area contributed by atoms with Crippen LogP contribution in [0.1, 0.15) is 22.3 Å². The van der Waals surface area contributed by atoms with Crippen LogP contribution in [0.15, 0.2) is 67.0 Å². The van der Waals surface area contributed by atoms with Crippen LogP contribution in [0.4, 0.5) is 5.69 Å². The van der Waals surface area contributed by atoms with Crippen LogP contribution in [0.2, 0.25) is 0 Å². The van der Waals surface area contributed by atoms with Gasteiger partial charge in [-0.05, 0) is 48.2 Å². The molecule has 4 nitrogen and oxygen atoms in total. The molecule has 0 atom stereocenters. The Morgan fingerprint density at radius 3 is 2.65 bits per heavy atom. The van der Waals surface area contributed by atoms with E-state index in [9.17, 15) is 4.79 Å². The lowest BCUT2D eigenvalue weighted by Crippen LogP contribution is -2.35. The number of hydrogen-bond acceptors (Lipinski definition) is 3. The van der Waals surface area contributed by atoms with Crippen molar-refractivity contribution in [3.63, 3.8) is 0 Å². The second-order valence-electron chi connectivity index (χ2n) is 6.38. The average Bonchev–Trinajstić information content (AvgIpc) is 2.73. The summed E-state index contributed by atoms with van der Waals surface area (Å²) in [6.45, 7) is 0.739. The van der Waals surface area contributed by atoms with Crippen molar-refractivity contribution < 1.29 is 9.53 Å². The summed E-state index contributed by atoms with van der Waals surface area (Å²) in [5, 5.41) is 0. The van der Waals surface area contributed by atoms with Gasteiger partial charge in [-0.1, -0.05) is 30.3 Å². The first-order valence-corrected chi connectivity index (χ1v) is 8.75. The molecule has 0 unspecified atom stereocenters. The first kappa shape index (κ1) is 16.3. The number of para-hydroxylation sites is 1. The molecule has 0 saturated heterocycles. The van der Waals surface area contributed by atoms with Gasteiger partial charge in [0.2, 0.25) is 0 Å². The second kappa shape index (κ2) is 7.00. The van der Waals surface area contributed by atoms with Gasteiger partial charge >= 0.3 is 0 Å². The topological polar surface area (TPSA) is 42.4 Å². The highest BCUT2D eigenvalue weighted by molar-refractivity contribution is 6.07. The minimum absolute atomic E-state index is 0.0000108. The van der Waals surface area contributed by atoms with Crippen molar-refractivity contribution in [1.29, 1.82) is 0 Å². The minimum atomic E-state index is 0.0000108. The molecule has 130 valence electrons. The van der Waals surface area contributed by atoms with Crippen LogP contribution >= 0.6 is 0 Å². The Bertz CT molecular complexity index is 935. The standard InChI is InChI=1S/C22H20N2O2/c1-26-20-10-8-16(9-11-20)18-13-19(15-23-14-18)22(25)24-12-4-6-17-5-2-3-7-21(17)24/h2-3,5,7-11,13-15H,4,6,12H2,1H3. The Labute approximate surface area is 153 Å². The van der Waals surface area contributed by atoms with Crippen LogP contribution in [0.5, 0.6) is 5.75 Å². The zero-order valence-electron chi connectivity index (χ0n) is 14.7. The number of ether oxygens (including phenoxy) is 1. The lowest BCUT2D eigenvalue weighted by atomic mass is 10.0. The van der Waals surface area contributed by atoms with Gasteiger partial charge in [-0.25, -0.2) is 0 Å². The van der Waals surface area contributed by atoms with Gasteiger partial charge in [0.1, 0.15) is 5.75 Å². The van der Waals surface area contributed by atoms with Crippen molar-refractivity contribution in [2.45, 2.75) is 12.8 Å². The van der Waals surface area contributed by atoms with Gasteiger partial charge < -0.3 is 9.64 Å². The van der Waals surface area contributed by atoms with Gasteiger partial charge in [-0.3, -0.25) is 9.78 Å². The fraction of sp³-hybridized carbons (Fsp3) is 0.182. The SMILES string of the molecule is COc1ccc(-c2cncc(C(=O)N3CCCc4ccccc43)c2)cc1. The highest BCUT2D eigenvalue weighted by Crippen LogP contribution is 2.29. The quantitative estimate of drug-likeness (QED) is 0.709. The molecule has 1 aromatic heterocycles. The summed E-state index contributed by atoms with van der Waals surface area (Å²) in [4.78, 5) is 19.3. The molecule has 4 rings (SSSR count). The number of nitrogens with zero attached hydrogens (tertiary/aromatic N) is 2. The third kappa shape index (κ3) is 3.06. The molecule has 0 fully saturated rings. The number of amides is 1. The number of fused-ring (bicyclic) bond motifs is 1. The number of aryl methyl sites for hydroxylation is 1. The van der Waals surface area contributed by atoms with E-state index in [1.807, 2.05) is 53.4 Å². The third-order valence-corrected chi connectivity index (χ3v) is 4.76. The molecule has 1 amide bonds. The molecule has 0 N–H and O–H groups in total. The predicted octanol–water partition coefficient (Wildman–Crippen LogP) is 4.35. The molecule has 1 aliphatic rings. The predicted molar refractivity (Wildman–Crippen MR) is 103 cm³/mol.